The van der Waals surface area contributed by atoms with Crippen molar-refractivity contribution in [3.05, 3.63) is 6.20 Å². The molecule has 0 radical (unpaired) electrons. The molecule has 2 heterocycles. The second kappa shape index (κ2) is 5.92. The molecule has 1 aliphatic rings. The van der Waals surface area contributed by atoms with Crippen LogP contribution in [0.2, 0.25) is 0 Å². The molecule has 1 aliphatic heterocycles. The highest BCUT2D eigenvalue weighted by Gasteiger charge is 2.14. The summed E-state index contributed by atoms with van der Waals surface area (Å²) in [5.41, 5.74) is 0. The number of hydrogen-bond donors (Lipinski definition) is 1. The summed E-state index contributed by atoms with van der Waals surface area (Å²) in [7, 11) is 3.89. The van der Waals surface area contributed by atoms with E-state index in [4.69, 9.17) is 0 Å². The van der Waals surface area contributed by atoms with Crippen molar-refractivity contribution in [2.24, 2.45) is 7.05 Å². The number of nitrogens with zero attached hydrogens (tertiary/aromatic N) is 5. The Labute approximate surface area is 107 Å². The van der Waals surface area contributed by atoms with Crippen LogP contribution in [0, 0.1) is 0 Å². The number of nitrogens with one attached hydrogen (secondary N) is 1. The number of piperazine rings is 1. The molecule has 0 bridgehead atoms. The fourth-order valence-corrected chi connectivity index (χ4v) is 1.94. The normalized spacial score (nSPS) is 17.9. The fraction of sp³-hybridized carbons (Fsp3) is 0.727. The van der Waals surface area contributed by atoms with Gasteiger partial charge in [0.1, 0.15) is 0 Å². The van der Waals surface area contributed by atoms with Crippen LogP contribution in [-0.4, -0.2) is 70.5 Å². The van der Waals surface area contributed by atoms with E-state index in [0.717, 1.165) is 32.7 Å². The first-order valence-electron chi connectivity index (χ1n) is 6.20. The lowest BCUT2D eigenvalue weighted by atomic mass is 10.3. The Morgan fingerprint density at radius 3 is 2.67 bits per heavy atom. The molecule has 1 saturated heterocycles. The van der Waals surface area contributed by atoms with Crippen LogP contribution in [0.1, 0.15) is 6.42 Å². The summed E-state index contributed by atoms with van der Waals surface area (Å²) in [6.07, 6.45) is 2.19. The smallest absolute Gasteiger partial charge is 0.226 e. The van der Waals surface area contributed by atoms with E-state index in [2.05, 4.69) is 32.5 Å². The van der Waals surface area contributed by atoms with Gasteiger partial charge in [-0.1, -0.05) is 5.21 Å². The van der Waals surface area contributed by atoms with Gasteiger partial charge in [0.2, 0.25) is 5.91 Å². The molecule has 1 aromatic rings. The zero-order valence-corrected chi connectivity index (χ0v) is 11.0. The average Bonchev–Trinajstić information content (AvgIpc) is 2.74. The standard InChI is InChI=1S/C11H20N6O/c1-15-5-7-17(8-6-15)4-3-11(18)12-10-9-16(2)14-13-10/h9H,3-8H2,1-2H3,(H,12,18). The Balaban J connectivity index is 1.68. The summed E-state index contributed by atoms with van der Waals surface area (Å²) < 4.78 is 1.57. The molecular weight excluding hydrogens is 232 g/mol. The zero-order valence-electron chi connectivity index (χ0n) is 11.0. The van der Waals surface area contributed by atoms with Gasteiger partial charge in [-0.25, -0.2) is 0 Å². The molecule has 1 amide bonds. The molecule has 0 atom stereocenters. The maximum atomic E-state index is 11.7. The maximum absolute atomic E-state index is 11.7. The molecule has 0 saturated carbocycles. The minimum Gasteiger partial charge on any atom is -0.308 e. The molecule has 2 rings (SSSR count). The molecule has 7 nitrogen and oxygen atoms in total. The van der Waals surface area contributed by atoms with Gasteiger partial charge in [0.05, 0.1) is 6.20 Å². The molecular formula is C11H20N6O. The first-order valence-corrected chi connectivity index (χ1v) is 6.20. The summed E-state index contributed by atoms with van der Waals surface area (Å²) in [6, 6.07) is 0. The van der Waals surface area contributed by atoms with Gasteiger partial charge in [-0.05, 0) is 7.05 Å². The van der Waals surface area contributed by atoms with Crippen LogP contribution in [0.3, 0.4) is 0 Å². The van der Waals surface area contributed by atoms with Crippen LogP contribution < -0.4 is 5.32 Å². The molecule has 7 heteroatoms. The van der Waals surface area contributed by atoms with E-state index >= 15 is 0 Å². The Hall–Kier alpha value is -1.47. The Morgan fingerprint density at radius 1 is 1.33 bits per heavy atom. The topological polar surface area (TPSA) is 66.3 Å². The Kier molecular flexibility index (Phi) is 4.27. The average molecular weight is 252 g/mol. The van der Waals surface area contributed by atoms with E-state index in [1.54, 1.807) is 17.9 Å². The third kappa shape index (κ3) is 3.78. The van der Waals surface area contributed by atoms with Crippen molar-refractivity contribution < 1.29 is 4.79 Å². The fourth-order valence-electron chi connectivity index (χ4n) is 1.94. The number of hydrogen-bond acceptors (Lipinski definition) is 5. The van der Waals surface area contributed by atoms with Crippen molar-refractivity contribution in [3.63, 3.8) is 0 Å². The van der Waals surface area contributed by atoms with E-state index in [1.807, 2.05) is 0 Å². The number of rotatable bonds is 4. The SMILES string of the molecule is CN1CCN(CCC(=O)Nc2cn(C)nn2)CC1. The van der Waals surface area contributed by atoms with E-state index in [0.29, 0.717) is 12.2 Å². The first kappa shape index (κ1) is 13.0. The van der Waals surface area contributed by atoms with Crippen molar-refractivity contribution in [1.29, 1.82) is 0 Å². The van der Waals surface area contributed by atoms with Gasteiger partial charge in [0.25, 0.3) is 0 Å². The van der Waals surface area contributed by atoms with E-state index in [9.17, 15) is 4.79 Å². The number of anilines is 1. The van der Waals surface area contributed by atoms with Gasteiger partial charge in [-0.2, -0.15) is 0 Å². The number of aryl methyl sites for hydroxylation is 1. The molecule has 0 unspecified atom stereocenters. The van der Waals surface area contributed by atoms with Gasteiger partial charge >= 0.3 is 0 Å². The van der Waals surface area contributed by atoms with Crippen molar-refractivity contribution in [1.82, 2.24) is 24.8 Å². The van der Waals surface area contributed by atoms with Crippen molar-refractivity contribution in [3.8, 4) is 0 Å². The molecule has 0 spiro atoms. The quantitative estimate of drug-likeness (QED) is 0.774. The summed E-state index contributed by atoms with van der Waals surface area (Å²) >= 11 is 0. The molecule has 1 fully saturated rings. The number of amides is 1. The third-order valence-electron chi connectivity index (χ3n) is 3.12. The van der Waals surface area contributed by atoms with E-state index in [1.165, 1.54) is 0 Å². The van der Waals surface area contributed by atoms with Gasteiger partial charge in [-0.3, -0.25) is 9.48 Å². The van der Waals surface area contributed by atoms with Gasteiger partial charge in [-0.15, -0.1) is 5.10 Å². The van der Waals surface area contributed by atoms with Crippen LogP contribution in [0.5, 0.6) is 0 Å². The van der Waals surface area contributed by atoms with Crippen LogP contribution in [-0.2, 0) is 11.8 Å². The molecule has 1 aromatic heterocycles. The summed E-state index contributed by atoms with van der Waals surface area (Å²) in [4.78, 5) is 16.3. The second-order valence-corrected chi connectivity index (χ2v) is 4.72. The van der Waals surface area contributed by atoms with Gasteiger partial charge in [0.15, 0.2) is 5.82 Å². The molecule has 0 aliphatic carbocycles. The van der Waals surface area contributed by atoms with Crippen molar-refractivity contribution in [2.45, 2.75) is 6.42 Å². The number of carbonyl (C=O) groups excluding carboxylic acids is 1. The number of likely N-dealkylation sites (N-methyl/N-ethyl adjacent to an activating group) is 1. The summed E-state index contributed by atoms with van der Waals surface area (Å²) in [5, 5.41) is 10.3. The highest BCUT2D eigenvalue weighted by molar-refractivity contribution is 5.89. The predicted molar refractivity (Wildman–Crippen MR) is 68.2 cm³/mol. The molecule has 1 N–H and O–H groups in total. The number of aromatic nitrogens is 3. The third-order valence-corrected chi connectivity index (χ3v) is 3.12. The lowest BCUT2D eigenvalue weighted by Gasteiger charge is -2.32. The Morgan fingerprint density at radius 2 is 2.06 bits per heavy atom. The largest absolute Gasteiger partial charge is 0.308 e. The summed E-state index contributed by atoms with van der Waals surface area (Å²) in [6.45, 7) is 5.03. The van der Waals surface area contributed by atoms with Crippen LogP contribution in [0.4, 0.5) is 5.82 Å². The van der Waals surface area contributed by atoms with Crippen LogP contribution >= 0.6 is 0 Å². The van der Waals surface area contributed by atoms with Gasteiger partial charge < -0.3 is 15.1 Å². The molecule has 18 heavy (non-hydrogen) atoms. The lowest BCUT2D eigenvalue weighted by molar-refractivity contribution is -0.116. The molecule has 0 aromatic carbocycles. The lowest BCUT2D eigenvalue weighted by Crippen LogP contribution is -2.45. The van der Waals surface area contributed by atoms with Crippen molar-refractivity contribution in [2.75, 3.05) is 45.1 Å². The van der Waals surface area contributed by atoms with Crippen LogP contribution in [0.25, 0.3) is 0 Å². The maximum Gasteiger partial charge on any atom is 0.226 e. The minimum atomic E-state index is -0.00516. The van der Waals surface area contributed by atoms with Crippen LogP contribution in [0.15, 0.2) is 6.20 Å². The minimum absolute atomic E-state index is 0.00516. The van der Waals surface area contributed by atoms with Crippen molar-refractivity contribution >= 4 is 11.7 Å². The zero-order chi connectivity index (χ0) is 13.0. The summed E-state index contributed by atoms with van der Waals surface area (Å²) in [5.74, 6) is 0.510. The number of carbonyl (C=O) groups is 1. The first-order chi connectivity index (χ1) is 8.63. The predicted octanol–water partition coefficient (Wildman–Crippen LogP) is -0.609. The van der Waals surface area contributed by atoms with Gasteiger partial charge in [0, 0.05) is 46.2 Å². The highest BCUT2D eigenvalue weighted by atomic mass is 16.1. The molecule has 100 valence electrons. The monoisotopic (exact) mass is 252 g/mol. The highest BCUT2D eigenvalue weighted by Crippen LogP contribution is 2.02. The van der Waals surface area contributed by atoms with E-state index in [-0.39, 0.29) is 5.91 Å². The Bertz CT molecular complexity index is 396. The second-order valence-electron chi connectivity index (χ2n) is 4.72. The van der Waals surface area contributed by atoms with E-state index < -0.39 is 0 Å².